The van der Waals surface area contributed by atoms with E-state index >= 15 is 0 Å². The molecule has 1 aromatic rings. The molecule has 0 radical (unpaired) electrons. The highest BCUT2D eigenvalue weighted by Crippen LogP contribution is 2.34. The Morgan fingerprint density at radius 2 is 2.12 bits per heavy atom. The summed E-state index contributed by atoms with van der Waals surface area (Å²) in [5.41, 5.74) is 0.979. The molecule has 2 fully saturated rings. The second-order valence-corrected chi connectivity index (χ2v) is 8.02. The van der Waals surface area contributed by atoms with Gasteiger partial charge < -0.3 is 4.74 Å². The van der Waals surface area contributed by atoms with Crippen molar-refractivity contribution in [3.8, 4) is 11.8 Å². The number of rotatable bonds is 2. The van der Waals surface area contributed by atoms with E-state index in [1.165, 1.54) is 31.2 Å². The standard InChI is InChI=1S/C21H30N2O/c1-20(2)11-7-12-21(3,24-20)13-8-16-23-15-5-4-10-19(23)18-9-6-14-22-17-18/h6,9,14,17,19H,4-5,7,10-12,15-16H2,1-3H3. The van der Waals surface area contributed by atoms with Gasteiger partial charge in [0.1, 0.15) is 5.60 Å². The molecule has 0 bridgehead atoms. The van der Waals surface area contributed by atoms with Gasteiger partial charge in [-0.15, -0.1) is 0 Å². The van der Waals surface area contributed by atoms with Crippen LogP contribution in [0.15, 0.2) is 24.5 Å². The summed E-state index contributed by atoms with van der Waals surface area (Å²) in [6.45, 7) is 8.44. The van der Waals surface area contributed by atoms with E-state index < -0.39 is 0 Å². The van der Waals surface area contributed by atoms with Gasteiger partial charge in [0.25, 0.3) is 0 Å². The Balaban J connectivity index is 1.67. The molecule has 0 aromatic carbocycles. The van der Waals surface area contributed by atoms with E-state index in [0.717, 1.165) is 25.9 Å². The Bertz CT molecular complexity index is 601. The summed E-state index contributed by atoms with van der Waals surface area (Å²) in [7, 11) is 0. The predicted molar refractivity (Wildman–Crippen MR) is 97.6 cm³/mol. The molecule has 0 N–H and O–H groups in total. The van der Waals surface area contributed by atoms with Crippen LogP contribution in [-0.4, -0.2) is 34.2 Å². The van der Waals surface area contributed by atoms with Crippen LogP contribution in [0.4, 0.5) is 0 Å². The van der Waals surface area contributed by atoms with Crippen molar-refractivity contribution >= 4 is 0 Å². The summed E-state index contributed by atoms with van der Waals surface area (Å²) in [5.74, 6) is 6.88. The zero-order chi connectivity index (χ0) is 17.0. The molecule has 2 aliphatic heterocycles. The smallest absolute Gasteiger partial charge is 0.126 e. The Kier molecular flexibility index (Phi) is 5.27. The molecule has 0 saturated carbocycles. The van der Waals surface area contributed by atoms with E-state index in [0.29, 0.717) is 6.04 Å². The SMILES string of the molecule is CC1(C)CCCC(C)(C#CCN2CCCCC2c2cccnc2)O1. The third-order valence-corrected chi connectivity index (χ3v) is 5.25. The Morgan fingerprint density at radius 3 is 2.88 bits per heavy atom. The van der Waals surface area contributed by atoms with E-state index in [-0.39, 0.29) is 11.2 Å². The maximum Gasteiger partial charge on any atom is 0.126 e. The molecular weight excluding hydrogens is 296 g/mol. The van der Waals surface area contributed by atoms with Crippen LogP contribution >= 0.6 is 0 Å². The van der Waals surface area contributed by atoms with Crippen LogP contribution in [0.3, 0.4) is 0 Å². The number of pyridine rings is 1. The summed E-state index contributed by atoms with van der Waals surface area (Å²) in [5, 5.41) is 0. The van der Waals surface area contributed by atoms with E-state index in [2.05, 4.69) is 48.6 Å². The molecule has 2 unspecified atom stereocenters. The molecule has 3 nitrogen and oxygen atoms in total. The Labute approximate surface area is 146 Å². The van der Waals surface area contributed by atoms with Crippen molar-refractivity contribution in [2.24, 2.45) is 0 Å². The lowest BCUT2D eigenvalue weighted by molar-refractivity contribution is -0.135. The number of hydrogen-bond acceptors (Lipinski definition) is 3. The zero-order valence-corrected chi connectivity index (χ0v) is 15.3. The third kappa shape index (κ3) is 4.37. The Hall–Kier alpha value is -1.37. The largest absolute Gasteiger partial charge is 0.357 e. The van der Waals surface area contributed by atoms with Gasteiger partial charge in [-0.3, -0.25) is 9.88 Å². The lowest BCUT2D eigenvalue weighted by Crippen LogP contribution is -2.42. The molecule has 3 heteroatoms. The van der Waals surface area contributed by atoms with Crippen molar-refractivity contribution in [1.29, 1.82) is 0 Å². The minimum absolute atomic E-state index is 0.0505. The van der Waals surface area contributed by atoms with Gasteiger partial charge in [0.15, 0.2) is 0 Å². The normalized spacial score (nSPS) is 30.4. The first kappa shape index (κ1) is 17.5. The molecular formula is C21H30N2O. The first-order chi connectivity index (χ1) is 11.5. The van der Waals surface area contributed by atoms with Gasteiger partial charge in [-0.1, -0.05) is 24.3 Å². The van der Waals surface area contributed by atoms with Gasteiger partial charge >= 0.3 is 0 Å². The molecule has 1 aromatic heterocycles. The number of piperidine rings is 1. The van der Waals surface area contributed by atoms with Gasteiger partial charge in [0.2, 0.25) is 0 Å². The first-order valence-corrected chi connectivity index (χ1v) is 9.32. The molecule has 24 heavy (non-hydrogen) atoms. The fraction of sp³-hybridized carbons (Fsp3) is 0.667. The summed E-state index contributed by atoms with van der Waals surface area (Å²) < 4.78 is 6.26. The van der Waals surface area contributed by atoms with Gasteiger partial charge in [-0.2, -0.15) is 0 Å². The average molecular weight is 326 g/mol. The molecule has 3 heterocycles. The zero-order valence-electron chi connectivity index (χ0n) is 15.3. The van der Waals surface area contributed by atoms with E-state index in [9.17, 15) is 0 Å². The number of ether oxygens (including phenoxy) is 1. The number of hydrogen-bond donors (Lipinski definition) is 0. The van der Waals surface area contributed by atoms with E-state index in [4.69, 9.17) is 4.74 Å². The van der Waals surface area contributed by atoms with Crippen LogP contribution in [-0.2, 0) is 4.74 Å². The molecule has 2 aliphatic rings. The monoisotopic (exact) mass is 326 g/mol. The van der Waals surface area contributed by atoms with Gasteiger partial charge in [-0.25, -0.2) is 0 Å². The van der Waals surface area contributed by atoms with Crippen LogP contribution in [0.5, 0.6) is 0 Å². The van der Waals surface area contributed by atoms with Crippen LogP contribution in [0.2, 0.25) is 0 Å². The van der Waals surface area contributed by atoms with E-state index in [1.807, 2.05) is 18.5 Å². The van der Waals surface area contributed by atoms with Crippen LogP contribution in [0, 0.1) is 11.8 Å². The maximum atomic E-state index is 6.26. The molecule has 0 aliphatic carbocycles. The molecule has 3 rings (SSSR count). The van der Waals surface area contributed by atoms with Crippen molar-refractivity contribution in [2.75, 3.05) is 13.1 Å². The summed E-state index contributed by atoms with van der Waals surface area (Å²) >= 11 is 0. The molecule has 0 spiro atoms. The second-order valence-electron chi connectivity index (χ2n) is 8.02. The highest BCUT2D eigenvalue weighted by molar-refractivity contribution is 5.18. The van der Waals surface area contributed by atoms with Crippen LogP contribution in [0.25, 0.3) is 0 Å². The molecule has 0 amide bonds. The summed E-state index contributed by atoms with van der Waals surface area (Å²) in [6.07, 6.45) is 11.0. The number of nitrogens with zero attached hydrogens (tertiary/aromatic N) is 2. The van der Waals surface area contributed by atoms with Crippen molar-refractivity contribution in [3.05, 3.63) is 30.1 Å². The van der Waals surface area contributed by atoms with Crippen molar-refractivity contribution in [3.63, 3.8) is 0 Å². The maximum absolute atomic E-state index is 6.26. The number of aromatic nitrogens is 1. The fourth-order valence-electron chi connectivity index (χ4n) is 4.11. The summed E-state index contributed by atoms with van der Waals surface area (Å²) in [4.78, 5) is 6.80. The second kappa shape index (κ2) is 7.25. The third-order valence-electron chi connectivity index (χ3n) is 5.25. The number of likely N-dealkylation sites (tertiary alicyclic amines) is 1. The minimum Gasteiger partial charge on any atom is -0.357 e. The highest BCUT2D eigenvalue weighted by atomic mass is 16.5. The molecule has 130 valence electrons. The predicted octanol–water partition coefficient (Wildman–Crippen LogP) is 4.35. The highest BCUT2D eigenvalue weighted by Gasteiger charge is 2.36. The van der Waals surface area contributed by atoms with Crippen LogP contribution in [0.1, 0.15) is 70.9 Å². The fourth-order valence-corrected chi connectivity index (χ4v) is 4.11. The van der Waals surface area contributed by atoms with Crippen molar-refractivity contribution in [1.82, 2.24) is 9.88 Å². The van der Waals surface area contributed by atoms with Gasteiger partial charge in [0, 0.05) is 18.4 Å². The van der Waals surface area contributed by atoms with Crippen molar-refractivity contribution in [2.45, 2.75) is 76.5 Å². The van der Waals surface area contributed by atoms with Crippen molar-refractivity contribution < 1.29 is 4.74 Å². The summed E-state index contributed by atoms with van der Waals surface area (Å²) in [6, 6.07) is 4.68. The quantitative estimate of drug-likeness (QED) is 0.756. The Morgan fingerprint density at radius 1 is 1.25 bits per heavy atom. The lowest BCUT2D eigenvalue weighted by Gasteiger charge is -2.40. The average Bonchev–Trinajstić information content (AvgIpc) is 2.55. The lowest BCUT2D eigenvalue weighted by atomic mass is 9.88. The van der Waals surface area contributed by atoms with Gasteiger partial charge in [0.05, 0.1) is 12.1 Å². The topological polar surface area (TPSA) is 25.4 Å². The van der Waals surface area contributed by atoms with E-state index in [1.54, 1.807) is 0 Å². The minimum atomic E-state index is -0.290. The molecule has 2 atom stereocenters. The molecule has 2 saturated heterocycles. The van der Waals surface area contributed by atoms with Gasteiger partial charge in [-0.05, 0) is 71.0 Å². The first-order valence-electron chi connectivity index (χ1n) is 9.32. The van der Waals surface area contributed by atoms with Crippen LogP contribution < -0.4 is 0 Å².